The topological polar surface area (TPSA) is 9.23 Å². The second-order valence-corrected chi connectivity index (χ2v) is 6.13. The zero-order valence-electron chi connectivity index (χ0n) is 9.52. The fraction of sp³-hybridized carbons (Fsp3) is 0.538. The Kier molecular flexibility index (Phi) is 4.61. The van der Waals surface area contributed by atoms with Gasteiger partial charge in [-0.15, -0.1) is 0 Å². The van der Waals surface area contributed by atoms with Crippen molar-refractivity contribution in [3.8, 4) is 0 Å². The summed E-state index contributed by atoms with van der Waals surface area (Å²) >= 11 is 6.83. The lowest BCUT2D eigenvalue weighted by Crippen LogP contribution is -2.35. The lowest BCUT2D eigenvalue weighted by molar-refractivity contribution is 0.00614. The van der Waals surface area contributed by atoms with Crippen LogP contribution in [0.1, 0.15) is 18.4 Å². The molecule has 1 aliphatic heterocycles. The molecule has 1 aromatic carbocycles. The van der Waals surface area contributed by atoms with E-state index in [1.807, 2.05) is 12.1 Å². The van der Waals surface area contributed by atoms with Gasteiger partial charge in [-0.3, -0.25) is 0 Å². The molecule has 0 amide bonds. The van der Waals surface area contributed by atoms with Gasteiger partial charge in [0.25, 0.3) is 0 Å². The Hall–Kier alpha value is 0.0700. The summed E-state index contributed by atoms with van der Waals surface area (Å²) in [5.41, 5.74) is 1.32. The number of rotatable bonds is 3. The van der Waals surface area contributed by atoms with Crippen LogP contribution in [-0.2, 0) is 11.2 Å². The SMILES string of the molecule is Fc1ccc(CC2(CBr)CCCOC2)cc1Br. The molecule has 0 bridgehead atoms. The molecule has 2 rings (SSSR count). The molecule has 0 aromatic heterocycles. The van der Waals surface area contributed by atoms with E-state index < -0.39 is 0 Å². The Balaban J connectivity index is 2.14. The standard InChI is InChI=1S/C13H15Br2FO/c14-8-13(4-1-5-17-9-13)7-10-2-3-12(16)11(15)6-10/h2-3,6H,1,4-5,7-9H2. The number of hydrogen-bond donors (Lipinski definition) is 0. The first-order chi connectivity index (χ1) is 8.15. The predicted octanol–water partition coefficient (Wildman–Crippen LogP) is 4.32. The molecular formula is C13H15Br2FO. The Morgan fingerprint density at radius 2 is 2.24 bits per heavy atom. The third kappa shape index (κ3) is 3.30. The maximum atomic E-state index is 13.2. The molecule has 4 heteroatoms. The number of halogens is 3. The zero-order valence-corrected chi connectivity index (χ0v) is 12.7. The van der Waals surface area contributed by atoms with Crippen molar-refractivity contribution in [3.05, 3.63) is 34.1 Å². The molecule has 94 valence electrons. The van der Waals surface area contributed by atoms with Gasteiger partial charge in [0.2, 0.25) is 0 Å². The third-order valence-corrected chi connectivity index (χ3v) is 5.05. The minimum absolute atomic E-state index is 0.162. The van der Waals surface area contributed by atoms with Crippen LogP contribution in [0.3, 0.4) is 0 Å². The van der Waals surface area contributed by atoms with Gasteiger partial charge in [-0.1, -0.05) is 22.0 Å². The Labute approximate surface area is 118 Å². The molecule has 1 aromatic rings. The highest BCUT2D eigenvalue weighted by Crippen LogP contribution is 2.35. The fourth-order valence-corrected chi connectivity index (χ4v) is 3.35. The van der Waals surface area contributed by atoms with Gasteiger partial charge >= 0.3 is 0 Å². The highest BCUT2D eigenvalue weighted by Gasteiger charge is 2.32. The fourth-order valence-electron chi connectivity index (χ4n) is 2.28. The molecule has 1 heterocycles. The van der Waals surface area contributed by atoms with E-state index in [-0.39, 0.29) is 11.2 Å². The summed E-state index contributed by atoms with van der Waals surface area (Å²) in [4.78, 5) is 0. The molecule has 0 spiro atoms. The van der Waals surface area contributed by atoms with Gasteiger partial charge in [0.1, 0.15) is 5.82 Å². The van der Waals surface area contributed by atoms with Gasteiger partial charge in [-0.25, -0.2) is 4.39 Å². The maximum absolute atomic E-state index is 13.2. The van der Waals surface area contributed by atoms with Crippen molar-refractivity contribution in [2.24, 2.45) is 5.41 Å². The molecule has 1 saturated heterocycles. The highest BCUT2D eigenvalue weighted by molar-refractivity contribution is 9.10. The molecule has 1 unspecified atom stereocenters. The van der Waals surface area contributed by atoms with Crippen LogP contribution >= 0.6 is 31.9 Å². The largest absolute Gasteiger partial charge is 0.381 e. The van der Waals surface area contributed by atoms with Crippen molar-refractivity contribution in [2.75, 3.05) is 18.5 Å². The van der Waals surface area contributed by atoms with Crippen LogP contribution in [0.5, 0.6) is 0 Å². The van der Waals surface area contributed by atoms with Gasteiger partial charge in [-0.05, 0) is 52.9 Å². The summed E-state index contributed by atoms with van der Waals surface area (Å²) in [6, 6.07) is 5.25. The molecule has 1 aliphatic rings. The van der Waals surface area contributed by atoms with Crippen LogP contribution in [0.4, 0.5) is 4.39 Å². The Bertz CT molecular complexity index is 389. The molecule has 1 fully saturated rings. The first-order valence-corrected chi connectivity index (χ1v) is 7.64. The van der Waals surface area contributed by atoms with Gasteiger partial charge in [0, 0.05) is 17.4 Å². The Morgan fingerprint density at radius 3 is 2.82 bits per heavy atom. The first kappa shape index (κ1) is 13.5. The molecule has 17 heavy (non-hydrogen) atoms. The number of benzene rings is 1. The van der Waals surface area contributed by atoms with Crippen LogP contribution < -0.4 is 0 Å². The molecular weight excluding hydrogens is 351 g/mol. The normalized spacial score (nSPS) is 24.9. The van der Waals surface area contributed by atoms with E-state index in [4.69, 9.17) is 4.74 Å². The van der Waals surface area contributed by atoms with Gasteiger partial charge in [0.05, 0.1) is 11.1 Å². The molecule has 0 radical (unpaired) electrons. The summed E-state index contributed by atoms with van der Waals surface area (Å²) in [5, 5.41) is 0.926. The molecule has 1 atom stereocenters. The van der Waals surface area contributed by atoms with Crippen molar-refractivity contribution in [3.63, 3.8) is 0 Å². The third-order valence-electron chi connectivity index (χ3n) is 3.25. The van der Waals surface area contributed by atoms with E-state index in [0.717, 1.165) is 43.4 Å². The van der Waals surface area contributed by atoms with E-state index in [0.29, 0.717) is 4.47 Å². The number of alkyl halides is 1. The zero-order chi connectivity index (χ0) is 12.3. The van der Waals surface area contributed by atoms with Crippen molar-refractivity contribution in [1.82, 2.24) is 0 Å². The molecule has 0 saturated carbocycles. The second kappa shape index (κ2) is 5.81. The minimum Gasteiger partial charge on any atom is -0.381 e. The van der Waals surface area contributed by atoms with Crippen LogP contribution in [0.15, 0.2) is 22.7 Å². The second-order valence-electron chi connectivity index (χ2n) is 4.72. The van der Waals surface area contributed by atoms with Gasteiger partial charge < -0.3 is 4.74 Å². The lowest BCUT2D eigenvalue weighted by atomic mass is 9.79. The summed E-state index contributed by atoms with van der Waals surface area (Å²) in [5.74, 6) is -0.207. The van der Waals surface area contributed by atoms with Crippen molar-refractivity contribution < 1.29 is 9.13 Å². The molecule has 0 aliphatic carbocycles. The van der Waals surface area contributed by atoms with Crippen LogP contribution in [-0.4, -0.2) is 18.5 Å². The first-order valence-electron chi connectivity index (χ1n) is 5.73. The van der Waals surface area contributed by atoms with E-state index >= 15 is 0 Å². The average molecular weight is 366 g/mol. The van der Waals surface area contributed by atoms with Gasteiger partial charge in [0.15, 0.2) is 0 Å². The minimum atomic E-state index is -0.207. The quantitative estimate of drug-likeness (QED) is 0.724. The van der Waals surface area contributed by atoms with E-state index in [1.165, 1.54) is 6.07 Å². The maximum Gasteiger partial charge on any atom is 0.137 e. The molecule has 1 nitrogen and oxygen atoms in total. The van der Waals surface area contributed by atoms with E-state index in [1.54, 1.807) is 0 Å². The predicted molar refractivity (Wildman–Crippen MR) is 74.1 cm³/mol. The highest BCUT2D eigenvalue weighted by atomic mass is 79.9. The van der Waals surface area contributed by atoms with Crippen molar-refractivity contribution in [1.29, 1.82) is 0 Å². The summed E-state index contributed by atoms with van der Waals surface area (Å²) < 4.78 is 19.3. The smallest absolute Gasteiger partial charge is 0.137 e. The van der Waals surface area contributed by atoms with Crippen LogP contribution in [0.25, 0.3) is 0 Å². The number of ether oxygens (including phenoxy) is 1. The average Bonchev–Trinajstić information content (AvgIpc) is 2.35. The monoisotopic (exact) mass is 364 g/mol. The van der Waals surface area contributed by atoms with Crippen molar-refractivity contribution in [2.45, 2.75) is 19.3 Å². The summed E-state index contributed by atoms with van der Waals surface area (Å²) in [6.45, 7) is 1.65. The van der Waals surface area contributed by atoms with Crippen molar-refractivity contribution >= 4 is 31.9 Å². The van der Waals surface area contributed by atoms with Gasteiger partial charge in [-0.2, -0.15) is 0 Å². The lowest BCUT2D eigenvalue weighted by Gasteiger charge is -2.35. The van der Waals surface area contributed by atoms with E-state index in [9.17, 15) is 4.39 Å². The van der Waals surface area contributed by atoms with E-state index in [2.05, 4.69) is 31.9 Å². The van der Waals surface area contributed by atoms with Crippen LogP contribution in [0, 0.1) is 11.2 Å². The summed E-state index contributed by atoms with van der Waals surface area (Å²) in [7, 11) is 0. The summed E-state index contributed by atoms with van der Waals surface area (Å²) in [6.07, 6.45) is 3.19. The Morgan fingerprint density at radius 1 is 1.41 bits per heavy atom. The van der Waals surface area contributed by atoms with Crippen LogP contribution in [0.2, 0.25) is 0 Å². The molecule has 0 N–H and O–H groups in total. The number of hydrogen-bond acceptors (Lipinski definition) is 1.